The number of halogens is 1. The SMILES string of the molecule is O=C(Nc1ccc(Br)c([N+](=O)[O-])c1)C1CC2CCC1N2. The second-order valence-electron chi connectivity index (χ2n) is 5.30. The number of nitro benzene ring substituents is 1. The van der Waals surface area contributed by atoms with Crippen molar-refractivity contribution in [3.05, 3.63) is 32.8 Å². The summed E-state index contributed by atoms with van der Waals surface area (Å²) >= 11 is 3.13. The molecule has 2 bridgehead atoms. The normalized spacial score (nSPS) is 27.6. The molecule has 7 heteroatoms. The van der Waals surface area contributed by atoms with Crippen LogP contribution < -0.4 is 10.6 Å². The fourth-order valence-corrected chi connectivity index (χ4v) is 3.47. The molecule has 0 spiro atoms. The molecule has 1 aromatic carbocycles. The molecule has 1 aromatic rings. The van der Waals surface area contributed by atoms with Gasteiger partial charge in [0.2, 0.25) is 5.91 Å². The lowest BCUT2D eigenvalue weighted by molar-refractivity contribution is -0.385. The first kappa shape index (κ1) is 13.5. The van der Waals surface area contributed by atoms with Crippen molar-refractivity contribution in [1.82, 2.24) is 5.32 Å². The fourth-order valence-electron chi connectivity index (χ4n) is 3.08. The Bertz CT molecular complexity index is 578. The predicted molar refractivity (Wildman–Crippen MR) is 77.5 cm³/mol. The highest BCUT2D eigenvalue weighted by atomic mass is 79.9. The van der Waals surface area contributed by atoms with Crippen molar-refractivity contribution in [2.45, 2.75) is 31.3 Å². The highest BCUT2D eigenvalue weighted by molar-refractivity contribution is 9.10. The maximum atomic E-state index is 12.2. The molecule has 106 valence electrons. The number of amides is 1. The maximum absolute atomic E-state index is 12.2. The van der Waals surface area contributed by atoms with Crippen LogP contribution in [0.2, 0.25) is 0 Å². The molecule has 2 N–H and O–H groups in total. The molecule has 2 aliphatic rings. The summed E-state index contributed by atoms with van der Waals surface area (Å²) in [5.41, 5.74) is 0.418. The molecule has 6 nitrogen and oxygen atoms in total. The Balaban J connectivity index is 1.73. The molecule has 0 radical (unpaired) electrons. The number of benzene rings is 1. The molecule has 2 fully saturated rings. The van der Waals surface area contributed by atoms with E-state index in [2.05, 4.69) is 26.6 Å². The van der Waals surface area contributed by atoms with Gasteiger partial charge in [-0.2, -0.15) is 0 Å². The topological polar surface area (TPSA) is 84.3 Å². The molecular weight excluding hydrogens is 326 g/mol. The van der Waals surface area contributed by atoms with E-state index in [0.29, 0.717) is 16.2 Å². The minimum atomic E-state index is -0.473. The van der Waals surface area contributed by atoms with Gasteiger partial charge in [-0.25, -0.2) is 0 Å². The van der Waals surface area contributed by atoms with Crippen LogP contribution >= 0.6 is 15.9 Å². The van der Waals surface area contributed by atoms with Crippen molar-refractivity contribution < 1.29 is 9.72 Å². The lowest BCUT2D eigenvalue weighted by atomic mass is 9.88. The molecule has 20 heavy (non-hydrogen) atoms. The standard InChI is InChI=1S/C13H14BrN3O3/c14-10-3-1-8(6-12(10)17(19)20)16-13(18)9-5-7-2-4-11(9)15-7/h1,3,6-7,9,11,15H,2,4-5H2,(H,16,18). The zero-order chi connectivity index (χ0) is 14.3. The number of carbonyl (C=O) groups is 1. The molecule has 2 heterocycles. The Morgan fingerprint density at radius 2 is 2.25 bits per heavy atom. The van der Waals surface area contributed by atoms with Crippen molar-refractivity contribution in [2.24, 2.45) is 5.92 Å². The van der Waals surface area contributed by atoms with E-state index in [4.69, 9.17) is 0 Å². The van der Waals surface area contributed by atoms with Gasteiger partial charge in [0, 0.05) is 23.8 Å². The number of nitrogens with zero attached hydrogens (tertiary/aromatic N) is 1. The second-order valence-corrected chi connectivity index (χ2v) is 6.16. The van der Waals surface area contributed by atoms with Gasteiger partial charge in [0.25, 0.3) is 5.69 Å². The molecule has 2 aliphatic heterocycles. The van der Waals surface area contributed by atoms with Crippen LogP contribution in [0.15, 0.2) is 22.7 Å². The number of hydrogen-bond donors (Lipinski definition) is 2. The zero-order valence-electron chi connectivity index (χ0n) is 10.6. The Kier molecular flexibility index (Phi) is 3.47. The lowest BCUT2D eigenvalue weighted by Gasteiger charge is -2.19. The molecule has 0 aromatic heterocycles. The van der Waals surface area contributed by atoms with Gasteiger partial charge in [0.05, 0.1) is 15.3 Å². The molecule has 3 unspecified atom stereocenters. The van der Waals surface area contributed by atoms with E-state index >= 15 is 0 Å². The summed E-state index contributed by atoms with van der Waals surface area (Å²) in [6, 6.07) is 5.32. The first-order valence-corrected chi connectivity index (χ1v) is 7.35. The van der Waals surface area contributed by atoms with Gasteiger partial charge >= 0.3 is 0 Å². The molecule has 3 atom stereocenters. The van der Waals surface area contributed by atoms with Crippen molar-refractivity contribution in [2.75, 3.05) is 5.32 Å². The van der Waals surface area contributed by atoms with Crippen LogP contribution in [-0.2, 0) is 4.79 Å². The monoisotopic (exact) mass is 339 g/mol. The van der Waals surface area contributed by atoms with Crippen molar-refractivity contribution in [3.63, 3.8) is 0 Å². The van der Waals surface area contributed by atoms with E-state index in [1.165, 1.54) is 6.07 Å². The Hall–Kier alpha value is -1.47. The third kappa shape index (κ3) is 2.43. The highest BCUT2D eigenvalue weighted by Gasteiger charge is 2.42. The third-order valence-electron chi connectivity index (χ3n) is 4.05. The van der Waals surface area contributed by atoms with E-state index in [-0.39, 0.29) is 23.6 Å². The maximum Gasteiger partial charge on any atom is 0.285 e. The van der Waals surface area contributed by atoms with Crippen LogP contribution in [0.25, 0.3) is 0 Å². The second kappa shape index (κ2) is 5.14. The number of carbonyl (C=O) groups excluding carboxylic acids is 1. The minimum absolute atomic E-state index is 0.0311. The summed E-state index contributed by atoms with van der Waals surface area (Å²) in [6.07, 6.45) is 3.02. The first-order chi connectivity index (χ1) is 9.54. The summed E-state index contributed by atoms with van der Waals surface area (Å²) in [4.78, 5) is 22.6. The number of nitro groups is 1. The molecular formula is C13H14BrN3O3. The largest absolute Gasteiger partial charge is 0.326 e. The fraction of sp³-hybridized carbons (Fsp3) is 0.462. The number of rotatable bonds is 3. The van der Waals surface area contributed by atoms with E-state index in [9.17, 15) is 14.9 Å². The quantitative estimate of drug-likeness (QED) is 0.654. The van der Waals surface area contributed by atoms with E-state index < -0.39 is 4.92 Å². The van der Waals surface area contributed by atoms with Crippen LogP contribution in [0.1, 0.15) is 19.3 Å². The summed E-state index contributed by atoms with van der Waals surface area (Å²) in [6.45, 7) is 0. The van der Waals surface area contributed by atoms with Crippen molar-refractivity contribution in [1.29, 1.82) is 0 Å². The molecule has 3 rings (SSSR count). The summed E-state index contributed by atoms with van der Waals surface area (Å²) < 4.78 is 0.405. The molecule has 0 aliphatic carbocycles. The third-order valence-corrected chi connectivity index (χ3v) is 4.72. The number of hydrogen-bond acceptors (Lipinski definition) is 4. The van der Waals surface area contributed by atoms with E-state index in [1.54, 1.807) is 12.1 Å². The zero-order valence-corrected chi connectivity index (χ0v) is 12.2. The van der Waals surface area contributed by atoms with Crippen molar-refractivity contribution in [3.8, 4) is 0 Å². The van der Waals surface area contributed by atoms with Gasteiger partial charge in [-0.1, -0.05) is 0 Å². The van der Waals surface area contributed by atoms with Gasteiger partial charge in [-0.05, 0) is 47.3 Å². The highest BCUT2D eigenvalue weighted by Crippen LogP contribution is 2.34. The van der Waals surface area contributed by atoms with E-state index in [0.717, 1.165) is 19.3 Å². The van der Waals surface area contributed by atoms with Crippen LogP contribution in [0, 0.1) is 16.0 Å². The van der Waals surface area contributed by atoms with Crippen molar-refractivity contribution >= 4 is 33.2 Å². The van der Waals surface area contributed by atoms with E-state index in [1.807, 2.05) is 0 Å². The lowest BCUT2D eigenvalue weighted by Crippen LogP contribution is -2.32. The smallest absolute Gasteiger partial charge is 0.285 e. The summed E-state index contributed by atoms with van der Waals surface area (Å²) in [5, 5.41) is 17.1. The van der Waals surface area contributed by atoms with Crippen LogP contribution in [0.4, 0.5) is 11.4 Å². The van der Waals surface area contributed by atoms with Gasteiger partial charge in [-0.3, -0.25) is 14.9 Å². The Morgan fingerprint density at radius 1 is 1.45 bits per heavy atom. The molecule has 2 saturated heterocycles. The Labute approximate surface area is 124 Å². The Morgan fingerprint density at radius 3 is 2.85 bits per heavy atom. The van der Waals surface area contributed by atoms with Crippen LogP contribution in [0.3, 0.4) is 0 Å². The number of fused-ring (bicyclic) bond motifs is 2. The number of nitrogens with one attached hydrogen (secondary N) is 2. The van der Waals surface area contributed by atoms with Crippen LogP contribution in [-0.4, -0.2) is 22.9 Å². The van der Waals surface area contributed by atoms with Gasteiger partial charge in [0.15, 0.2) is 0 Å². The van der Waals surface area contributed by atoms with Gasteiger partial charge in [0.1, 0.15) is 0 Å². The summed E-state index contributed by atoms with van der Waals surface area (Å²) in [7, 11) is 0. The van der Waals surface area contributed by atoms with Gasteiger partial charge < -0.3 is 10.6 Å². The summed E-state index contributed by atoms with van der Waals surface area (Å²) in [5.74, 6) is -0.0854. The minimum Gasteiger partial charge on any atom is -0.326 e. The average Bonchev–Trinajstić information content (AvgIpc) is 3.03. The average molecular weight is 340 g/mol. The molecule has 0 saturated carbocycles. The van der Waals surface area contributed by atoms with Crippen LogP contribution in [0.5, 0.6) is 0 Å². The van der Waals surface area contributed by atoms with Gasteiger partial charge in [-0.15, -0.1) is 0 Å². The first-order valence-electron chi connectivity index (χ1n) is 6.55. The molecule has 1 amide bonds. The number of anilines is 1. The predicted octanol–water partition coefficient (Wildman–Crippen LogP) is 2.44.